The number of carbonyl (C=O) groups excluding carboxylic acids is 1. The molecule has 0 spiro atoms. The van der Waals surface area contributed by atoms with Crippen molar-refractivity contribution in [1.29, 1.82) is 0 Å². The van der Waals surface area contributed by atoms with Gasteiger partial charge in [-0.2, -0.15) is 0 Å². The van der Waals surface area contributed by atoms with Gasteiger partial charge in [0.25, 0.3) is 0 Å². The Morgan fingerprint density at radius 3 is 2.82 bits per heavy atom. The number of amides is 1. The van der Waals surface area contributed by atoms with Gasteiger partial charge in [-0.15, -0.1) is 0 Å². The van der Waals surface area contributed by atoms with E-state index in [9.17, 15) is 4.79 Å². The predicted octanol–water partition coefficient (Wildman–Crippen LogP) is 3.92. The zero-order chi connectivity index (χ0) is 16.2. The summed E-state index contributed by atoms with van der Waals surface area (Å²) in [5.41, 5.74) is -0.437. The number of rotatable bonds is 3. The van der Waals surface area contributed by atoms with Crippen LogP contribution in [0.15, 0.2) is 21.2 Å². The minimum Gasteiger partial charge on any atom is -0.453 e. The lowest BCUT2D eigenvalue weighted by Crippen LogP contribution is -2.38. The van der Waals surface area contributed by atoms with Gasteiger partial charge in [-0.1, -0.05) is 0 Å². The number of halogens is 1. The van der Waals surface area contributed by atoms with Crippen LogP contribution in [-0.4, -0.2) is 35.7 Å². The first kappa shape index (κ1) is 17.3. The molecule has 1 aromatic rings. The first-order valence-corrected chi connectivity index (χ1v) is 8.58. The van der Waals surface area contributed by atoms with Gasteiger partial charge in [0, 0.05) is 19.1 Å². The molecule has 1 saturated heterocycles. The molecular formula is C16H25BrN2O3. The lowest BCUT2D eigenvalue weighted by Gasteiger charge is -2.26. The fourth-order valence-corrected chi connectivity index (χ4v) is 2.84. The molecule has 1 aromatic heterocycles. The molecule has 0 aromatic carbocycles. The van der Waals surface area contributed by atoms with Crippen molar-refractivity contribution < 1.29 is 13.9 Å². The largest absolute Gasteiger partial charge is 0.453 e. The minimum atomic E-state index is -0.437. The van der Waals surface area contributed by atoms with Crippen molar-refractivity contribution in [1.82, 2.24) is 10.2 Å². The highest BCUT2D eigenvalue weighted by Gasteiger charge is 2.25. The van der Waals surface area contributed by atoms with Gasteiger partial charge in [-0.3, -0.25) is 0 Å². The van der Waals surface area contributed by atoms with E-state index in [1.807, 2.05) is 37.8 Å². The van der Waals surface area contributed by atoms with Gasteiger partial charge in [0.2, 0.25) is 0 Å². The third kappa shape index (κ3) is 5.65. The summed E-state index contributed by atoms with van der Waals surface area (Å²) in [4.78, 5) is 13.9. The van der Waals surface area contributed by atoms with E-state index in [4.69, 9.17) is 9.15 Å². The summed E-state index contributed by atoms with van der Waals surface area (Å²) in [6.45, 7) is 7.90. The smallest absolute Gasteiger partial charge is 0.410 e. The van der Waals surface area contributed by atoms with Crippen molar-refractivity contribution in [2.45, 2.75) is 58.2 Å². The van der Waals surface area contributed by atoms with E-state index >= 15 is 0 Å². The number of furan rings is 1. The van der Waals surface area contributed by atoms with E-state index in [0.717, 1.165) is 42.8 Å². The monoisotopic (exact) mass is 372 g/mol. The van der Waals surface area contributed by atoms with Gasteiger partial charge >= 0.3 is 6.09 Å². The number of hydrogen-bond donors (Lipinski definition) is 1. The summed E-state index contributed by atoms with van der Waals surface area (Å²) in [5, 5.41) is 3.51. The van der Waals surface area contributed by atoms with E-state index < -0.39 is 5.60 Å². The van der Waals surface area contributed by atoms with Crippen LogP contribution >= 0.6 is 15.9 Å². The third-order valence-corrected chi connectivity index (χ3v) is 4.00. The van der Waals surface area contributed by atoms with Crippen molar-refractivity contribution in [3.63, 3.8) is 0 Å². The molecule has 22 heavy (non-hydrogen) atoms. The zero-order valence-electron chi connectivity index (χ0n) is 13.5. The molecule has 6 heteroatoms. The van der Waals surface area contributed by atoms with E-state index in [-0.39, 0.29) is 6.09 Å². The average molecular weight is 373 g/mol. The van der Waals surface area contributed by atoms with Crippen LogP contribution in [0.25, 0.3) is 0 Å². The minimum absolute atomic E-state index is 0.205. The zero-order valence-corrected chi connectivity index (χ0v) is 15.1. The van der Waals surface area contributed by atoms with Crippen LogP contribution in [-0.2, 0) is 11.3 Å². The fraction of sp³-hybridized carbons (Fsp3) is 0.688. The molecule has 1 aliphatic heterocycles. The molecule has 2 heterocycles. The lowest BCUT2D eigenvalue weighted by atomic mass is 10.1. The maximum atomic E-state index is 12.1. The molecule has 124 valence electrons. The SMILES string of the molecule is CC(C)(C)OC(=O)N1CCCC(NCc2ccc(Br)o2)CC1. The second kappa shape index (κ2) is 7.51. The van der Waals surface area contributed by atoms with Gasteiger partial charge < -0.3 is 19.4 Å². The van der Waals surface area contributed by atoms with Crippen molar-refractivity contribution >= 4 is 22.0 Å². The number of likely N-dealkylation sites (tertiary alicyclic amines) is 1. The van der Waals surface area contributed by atoms with Gasteiger partial charge in [-0.25, -0.2) is 4.79 Å². The van der Waals surface area contributed by atoms with Crippen LogP contribution in [0.5, 0.6) is 0 Å². The molecular weight excluding hydrogens is 348 g/mol. The molecule has 0 aliphatic carbocycles. The van der Waals surface area contributed by atoms with E-state index in [0.29, 0.717) is 12.6 Å². The predicted molar refractivity (Wildman–Crippen MR) is 88.7 cm³/mol. The van der Waals surface area contributed by atoms with Crippen molar-refractivity contribution in [3.8, 4) is 0 Å². The molecule has 1 amide bonds. The van der Waals surface area contributed by atoms with Crippen LogP contribution in [0.3, 0.4) is 0 Å². The first-order chi connectivity index (χ1) is 10.3. The quantitative estimate of drug-likeness (QED) is 0.873. The number of ether oxygens (including phenoxy) is 1. The van der Waals surface area contributed by atoms with Crippen LogP contribution in [0.1, 0.15) is 45.8 Å². The molecule has 2 rings (SSSR count). The molecule has 0 radical (unpaired) electrons. The Morgan fingerprint density at radius 2 is 2.18 bits per heavy atom. The normalized spacial score (nSPS) is 19.8. The lowest BCUT2D eigenvalue weighted by molar-refractivity contribution is 0.0256. The number of nitrogens with one attached hydrogen (secondary N) is 1. The Kier molecular flexibility index (Phi) is 5.92. The number of nitrogens with zero attached hydrogens (tertiary/aromatic N) is 1. The Morgan fingerprint density at radius 1 is 1.41 bits per heavy atom. The fourth-order valence-electron chi connectivity index (χ4n) is 2.50. The van der Waals surface area contributed by atoms with Crippen LogP contribution in [0, 0.1) is 0 Å². The second-order valence-corrected chi connectivity index (χ2v) is 7.46. The summed E-state index contributed by atoms with van der Waals surface area (Å²) in [6.07, 6.45) is 2.77. The highest BCUT2D eigenvalue weighted by atomic mass is 79.9. The molecule has 1 atom stereocenters. The molecule has 0 saturated carbocycles. The number of carbonyl (C=O) groups is 1. The highest BCUT2D eigenvalue weighted by Crippen LogP contribution is 2.17. The molecule has 1 N–H and O–H groups in total. The second-order valence-electron chi connectivity index (χ2n) is 6.68. The summed E-state index contributed by atoms with van der Waals surface area (Å²) in [7, 11) is 0. The molecule has 1 fully saturated rings. The first-order valence-electron chi connectivity index (χ1n) is 7.79. The highest BCUT2D eigenvalue weighted by molar-refractivity contribution is 9.10. The Bertz CT molecular complexity index is 496. The molecule has 5 nitrogen and oxygen atoms in total. The molecule has 1 unspecified atom stereocenters. The maximum Gasteiger partial charge on any atom is 0.410 e. The summed E-state index contributed by atoms with van der Waals surface area (Å²) < 4.78 is 11.7. The van der Waals surface area contributed by atoms with E-state index in [1.54, 1.807) is 0 Å². The van der Waals surface area contributed by atoms with E-state index in [2.05, 4.69) is 21.2 Å². The topological polar surface area (TPSA) is 54.7 Å². The maximum absolute atomic E-state index is 12.1. The van der Waals surface area contributed by atoms with Gasteiger partial charge in [0.15, 0.2) is 4.67 Å². The van der Waals surface area contributed by atoms with Gasteiger partial charge in [-0.05, 0) is 68.1 Å². The Labute approximate surface area is 140 Å². The standard InChI is InChI=1S/C16H25BrN2O3/c1-16(2,3)22-15(20)19-9-4-5-12(8-10-19)18-11-13-6-7-14(17)21-13/h6-7,12,18H,4-5,8-11H2,1-3H3. The van der Waals surface area contributed by atoms with E-state index in [1.165, 1.54) is 0 Å². The van der Waals surface area contributed by atoms with Crippen molar-refractivity contribution in [2.24, 2.45) is 0 Å². The summed E-state index contributed by atoms with van der Waals surface area (Å²) >= 11 is 3.31. The Balaban J connectivity index is 1.78. The average Bonchev–Trinajstić information content (AvgIpc) is 2.69. The van der Waals surface area contributed by atoms with Gasteiger partial charge in [0.05, 0.1) is 6.54 Å². The van der Waals surface area contributed by atoms with Crippen LogP contribution in [0.4, 0.5) is 4.79 Å². The summed E-state index contributed by atoms with van der Waals surface area (Å²) in [6, 6.07) is 4.26. The summed E-state index contributed by atoms with van der Waals surface area (Å²) in [5.74, 6) is 0.917. The van der Waals surface area contributed by atoms with Gasteiger partial charge in [0.1, 0.15) is 11.4 Å². The van der Waals surface area contributed by atoms with Crippen LogP contribution in [0.2, 0.25) is 0 Å². The van der Waals surface area contributed by atoms with Crippen LogP contribution < -0.4 is 5.32 Å². The third-order valence-electron chi connectivity index (χ3n) is 3.57. The molecule has 0 bridgehead atoms. The Hall–Kier alpha value is -1.01. The van der Waals surface area contributed by atoms with Crippen molar-refractivity contribution in [2.75, 3.05) is 13.1 Å². The number of hydrogen-bond acceptors (Lipinski definition) is 4. The molecule has 1 aliphatic rings. The van der Waals surface area contributed by atoms with Crippen molar-refractivity contribution in [3.05, 3.63) is 22.6 Å².